The van der Waals surface area contributed by atoms with Gasteiger partial charge in [0.2, 0.25) is 0 Å². The van der Waals surface area contributed by atoms with E-state index < -0.39 is 0 Å². The molecule has 0 bridgehead atoms. The molecule has 0 aliphatic heterocycles. The van der Waals surface area contributed by atoms with Crippen molar-refractivity contribution in [3.05, 3.63) is 0 Å². The Balaban J connectivity index is 0. The number of hydrogen-bond donors (Lipinski definition) is 1. The largest absolute Gasteiger partial charge is 0.330 e. The van der Waals surface area contributed by atoms with E-state index in [1.165, 1.54) is 0 Å². The predicted molar refractivity (Wildman–Crippen MR) is 30.6 cm³/mol. The van der Waals surface area contributed by atoms with Crippen LogP contribution in [-0.4, -0.2) is 6.54 Å². The lowest BCUT2D eigenvalue weighted by Crippen LogP contribution is -2.18. The van der Waals surface area contributed by atoms with Crippen LogP contribution in [0.5, 0.6) is 0 Å². The summed E-state index contributed by atoms with van der Waals surface area (Å²) in [6.45, 7) is 7.12. The van der Waals surface area contributed by atoms with E-state index in [0.29, 0.717) is 5.41 Å². The van der Waals surface area contributed by atoms with Crippen LogP contribution in [0.15, 0.2) is 0 Å². The first-order chi connectivity index (χ1) is 2.56. The molecule has 0 radical (unpaired) electrons. The summed E-state index contributed by atoms with van der Waals surface area (Å²) in [6, 6.07) is 0. The lowest BCUT2D eigenvalue weighted by Gasteiger charge is -2.12. The van der Waals surface area contributed by atoms with Crippen molar-refractivity contribution in [1.82, 2.24) is 0 Å². The van der Waals surface area contributed by atoms with Crippen molar-refractivity contribution in [2.75, 3.05) is 6.54 Å². The fourth-order valence-corrected chi connectivity index (χ4v) is 0. The second kappa shape index (κ2) is 1.61. The third kappa shape index (κ3) is 3.96. The lowest BCUT2D eigenvalue weighted by molar-refractivity contribution is 0.428. The van der Waals surface area contributed by atoms with E-state index in [-0.39, 0.29) is 1.43 Å². The van der Waals surface area contributed by atoms with Gasteiger partial charge in [0.25, 0.3) is 0 Å². The first-order valence-electron chi connectivity index (χ1n) is 2.26. The minimum absolute atomic E-state index is 0. The van der Waals surface area contributed by atoms with Gasteiger partial charge in [-0.1, -0.05) is 20.8 Å². The van der Waals surface area contributed by atoms with Gasteiger partial charge in [-0.25, -0.2) is 0 Å². The Morgan fingerprint density at radius 2 is 1.67 bits per heavy atom. The Morgan fingerprint density at radius 1 is 1.50 bits per heavy atom. The quantitative estimate of drug-likeness (QED) is 0.474. The molecule has 0 aliphatic rings. The van der Waals surface area contributed by atoms with Gasteiger partial charge in [0, 0.05) is 1.43 Å². The molecule has 0 saturated carbocycles. The van der Waals surface area contributed by atoms with Crippen LogP contribution < -0.4 is 5.73 Å². The highest BCUT2D eigenvalue weighted by Crippen LogP contribution is 2.07. The van der Waals surface area contributed by atoms with Gasteiger partial charge in [0.05, 0.1) is 0 Å². The highest BCUT2D eigenvalue weighted by molar-refractivity contribution is 4.59. The van der Waals surface area contributed by atoms with Gasteiger partial charge in [-0.05, 0) is 12.0 Å². The van der Waals surface area contributed by atoms with Crippen molar-refractivity contribution in [2.45, 2.75) is 20.8 Å². The van der Waals surface area contributed by atoms with Crippen LogP contribution in [-0.2, 0) is 0 Å². The van der Waals surface area contributed by atoms with E-state index in [2.05, 4.69) is 20.8 Å². The van der Waals surface area contributed by atoms with Crippen molar-refractivity contribution in [3.8, 4) is 0 Å². The predicted octanol–water partition coefficient (Wildman–Crippen LogP) is 1.24. The van der Waals surface area contributed by atoms with E-state index >= 15 is 0 Å². The average molecular weight is 89.2 g/mol. The summed E-state index contributed by atoms with van der Waals surface area (Å²) in [4.78, 5) is 0. The molecule has 0 aromatic heterocycles. The monoisotopic (exact) mass is 89.1 g/mol. The molecule has 0 aromatic rings. The Labute approximate surface area is 41.0 Å². The molecule has 0 saturated heterocycles. The molecule has 0 rings (SSSR count). The molecule has 0 aromatic carbocycles. The molecule has 0 amide bonds. The van der Waals surface area contributed by atoms with Gasteiger partial charge in [-0.15, -0.1) is 0 Å². The number of hydrogen-bond acceptors (Lipinski definition) is 1. The maximum Gasteiger partial charge on any atom is 0 e. The highest BCUT2D eigenvalue weighted by Gasteiger charge is 2.03. The molecule has 40 valence electrons. The summed E-state index contributed by atoms with van der Waals surface area (Å²) in [5.74, 6) is 0. The zero-order chi connectivity index (χ0) is 5.21. The molecule has 0 spiro atoms. The van der Waals surface area contributed by atoms with Crippen molar-refractivity contribution >= 4 is 0 Å². The Morgan fingerprint density at radius 3 is 1.67 bits per heavy atom. The molecule has 1 heteroatoms. The molecule has 6 heavy (non-hydrogen) atoms. The van der Waals surface area contributed by atoms with E-state index in [0.717, 1.165) is 6.54 Å². The normalized spacial score (nSPS) is 12.0. The summed E-state index contributed by atoms with van der Waals surface area (Å²) in [5, 5.41) is 0. The van der Waals surface area contributed by atoms with Crippen molar-refractivity contribution in [3.63, 3.8) is 0 Å². The van der Waals surface area contributed by atoms with Gasteiger partial charge in [0.1, 0.15) is 0 Å². The van der Waals surface area contributed by atoms with Gasteiger partial charge in [0.15, 0.2) is 0 Å². The third-order valence-electron chi connectivity index (χ3n) is 0.612. The van der Waals surface area contributed by atoms with Crippen molar-refractivity contribution < 1.29 is 1.43 Å². The zero-order valence-electron chi connectivity index (χ0n) is 4.78. The number of nitrogens with two attached hydrogens (primary N) is 1. The molecule has 2 N–H and O–H groups in total. The van der Waals surface area contributed by atoms with E-state index in [1.807, 2.05) is 0 Å². The fraction of sp³-hybridized carbons (Fsp3) is 1.00. The second-order valence-corrected chi connectivity index (χ2v) is 2.76. The molecular formula is C5H15N. The molecule has 0 atom stereocenters. The smallest absolute Gasteiger partial charge is 0 e. The molecule has 0 fully saturated rings. The average Bonchev–Trinajstić information content (AvgIpc) is 1.35. The zero-order valence-corrected chi connectivity index (χ0v) is 4.78. The summed E-state index contributed by atoms with van der Waals surface area (Å²) in [5.41, 5.74) is 5.62. The van der Waals surface area contributed by atoms with Crippen LogP contribution in [0.2, 0.25) is 0 Å². The maximum atomic E-state index is 5.31. The topological polar surface area (TPSA) is 26.0 Å². The Kier molecular flexibility index (Phi) is 1.59. The molecule has 0 aliphatic carbocycles. The first kappa shape index (κ1) is 5.96. The SMILES string of the molecule is CC(C)(C)CN.[HH]. The maximum absolute atomic E-state index is 5.31. The summed E-state index contributed by atoms with van der Waals surface area (Å²) in [7, 11) is 0. The fourth-order valence-electron chi connectivity index (χ4n) is 0. The van der Waals surface area contributed by atoms with Gasteiger partial charge >= 0.3 is 0 Å². The van der Waals surface area contributed by atoms with Gasteiger partial charge in [-0.3, -0.25) is 0 Å². The van der Waals surface area contributed by atoms with E-state index in [9.17, 15) is 0 Å². The molecule has 1 nitrogen and oxygen atoms in total. The third-order valence-corrected chi connectivity index (χ3v) is 0.612. The van der Waals surface area contributed by atoms with Crippen molar-refractivity contribution in [1.29, 1.82) is 0 Å². The summed E-state index contributed by atoms with van der Waals surface area (Å²) >= 11 is 0. The van der Waals surface area contributed by atoms with E-state index in [1.54, 1.807) is 0 Å². The van der Waals surface area contributed by atoms with Crippen LogP contribution in [0.1, 0.15) is 22.2 Å². The van der Waals surface area contributed by atoms with Crippen LogP contribution in [0.4, 0.5) is 0 Å². The van der Waals surface area contributed by atoms with Crippen LogP contribution in [0.25, 0.3) is 0 Å². The van der Waals surface area contributed by atoms with Crippen molar-refractivity contribution in [2.24, 2.45) is 11.1 Å². The summed E-state index contributed by atoms with van der Waals surface area (Å²) in [6.07, 6.45) is 0. The van der Waals surface area contributed by atoms with Crippen LogP contribution >= 0.6 is 0 Å². The number of rotatable bonds is 0. The lowest BCUT2D eigenvalue weighted by atomic mass is 9.98. The summed E-state index contributed by atoms with van der Waals surface area (Å²) < 4.78 is 0. The van der Waals surface area contributed by atoms with Gasteiger partial charge in [-0.2, -0.15) is 0 Å². The molecular weight excluding hydrogens is 74.1 g/mol. The minimum atomic E-state index is 0. The van der Waals surface area contributed by atoms with Gasteiger partial charge < -0.3 is 5.73 Å². The second-order valence-electron chi connectivity index (χ2n) is 2.76. The molecule has 0 unspecified atom stereocenters. The van der Waals surface area contributed by atoms with E-state index in [4.69, 9.17) is 5.73 Å². The van der Waals surface area contributed by atoms with Crippen LogP contribution in [0.3, 0.4) is 0 Å². The highest BCUT2D eigenvalue weighted by atomic mass is 14.6. The van der Waals surface area contributed by atoms with Crippen LogP contribution in [0, 0.1) is 5.41 Å². The Hall–Kier alpha value is -0.0400. The molecule has 0 heterocycles. The minimum Gasteiger partial charge on any atom is -0.330 e. The standard InChI is InChI=1S/C5H13N.H2/c1-5(2,3)4-6;/h4,6H2,1-3H3;1H. The Bertz CT molecular complexity index is 37.8. The first-order valence-corrected chi connectivity index (χ1v) is 2.26.